The van der Waals surface area contributed by atoms with Crippen LogP contribution in [0.4, 0.5) is 17.2 Å². The highest BCUT2D eigenvalue weighted by molar-refractivity contribution is 6.04. The molecular weight excluding hydrogens is 364 g/mol. The fourth-order valence-corrected chi connectivity index (χ4v) is 3.12. The van der Waals surface area contributed by atoms with Crippen LogP contribution in [0.5, 0.6) is 5.75 Å². The van der Waals surface area contributed by atoms with Gasteiger partial charge in [0, 0.05) is 18.3 Å². The zero-order chi connectivity index (χ0) is 20.8. The van der Waals surface area contributed by atoms with E-state index in [1.165, 1.54) is 0 Å². The highest BCUT2D eigenvalue weighted by atomic mass is 16.5. The molecule has 0 atom stereocenters. The van der Waals surface area contributed by atoms with Gasteiger partial charge in [-0.3, -0.25) is 4.79 Å². The van der Waals surface area contributed by atoms with E-state index >= 15 is 0 Å². The van der Waals surface area contributed by atoms with Crippen molar-refractivity contribution in [2.45, 2.75) is 27.7 Å². The van der Waals surface area contributed by atoms with E-state index in [1.807, 2.05) is 43.3 Å². The average Bonchev–Trinajstić information content (AvgIpc) is 2.70. The Labute approximate surface area is 171 Å². The molecule has 3 aromatic rings. The quantitative estimate of drug-likeness (QED) is 0.621. The van der Waals surface area contributed by atoms with Crippen molar-refractivity contribution in [3.05, 3.63) is 71.7 Å². The van der Waals surface area contributed by atoms with Gasteiger partial charge in [0.15, 0.2) is 0 Å². The lowest BCUT2D eigenvalue weighted by Crippen LogP contribution is -2.21. The van der Waals surface area contributed by atoms with Crippen molar-refractivity contribution in [3.63, 3.8) is 0 Å². The summed E-state index contributed by atoms with van der Waals surface area (Å²) in [5.41, 5.74) is 3.11. The number of carbonyl (C=O) groups is 1. The molecule has 0 fully saturated rings. The van der Waals surface area contributed by atoms with Crippen LogP contribution in [0, 0.1) is 13.8 Å². The molecule has 0 saturated carbocycles. The lowest BCUT2D eigenvalue weighted by atomic mass is 10.2. The molecule has 0 aliphatic carbocycles. The molecule has 0 bridgehead atoms. The van der Waals surface area contributed by atoms with Crippen LogP contribution in [-0.2, 0) is 0 Å². The molecule has 1 N–H and O–H groups in total. The molecule has 0 unspecified atom stereocenters. The number of anilines is 3. The third-order valence-corrected chi connectivity index (χ3v) is 4.40. The number of nitrogens with one attached hydrogen (secondary N) is 1. The normalized spacial score (nSPS) is 10.5. The summed E-state index contributed by atoms with van der Waals surface area (Å²) in [5, 5.41) is 2.90. The molecule has 150 valence electrons. The predicted molar refractivity (Wildman–Crippen MR) is 116 cm³/mol. The number of rotatable bonds is 7. The van der Waals surface area contributed by atoms with Gasteiger partial charge in [0.05, 0.1) is 12.3 Å². The number of aryl methyl sites for hydroxylation is 2. The van der Waals surface area contributed by atoms with Crippen molar-refractivity contribution in [1.82, 2.24) is 9.97 Å². The van der Waals surface area contributed by atoms with Crippen LogP contribution < -0.4 is 15.0 Å². The first-order valence-electron chi connectivity index (χ1n) is 9.75. The van der Waals surface area contributed by atoms with E-state index in [9.17, 15) is 4.79 Å². The van der Waals surface area contributed by atoms with Gasteiger partial charge in [-0.05, 0) is 57.5 Å². The molecule has 1 heterocycles. The Hall–Kier alpha value is -3.41. The van der Waals surface area contributed by atoms with Gasteiger partial charge in [0.25, 0.3) is 5.91 Å². The molecule has 0 spiro atoms. The standard InChI is InChI=1S/C23H26N4O2/c1-5-27(18-11-9-10-16(3)14-18)22-15-20(24-17(4)25-22)23(28)26-19-12-7-8-13-21(19)29-6-2/h7-15H,5-6H2,1-4H3,(H,26,28). The molecule has 0 radical (unpaired) electrons. The van der Waals surface area contributed by atoms with Gasteiger partial charge in [-0.25, -0.2) is 9.97 Å². The minimum absolute atomic E-state index is 0.302. The Bertz CT molecular complexity index is 1000. The van der Waals surface area contributed by atoms with E-state index in [2.05, 4.69) is 46.2 Å². The van der Waals surface area contributed by atoms with Gasteiger partial charge in [0.1, 0.15) is 23.1 Å². The summed E-state index contributed by atoms with van der Waals surface area (Å²) in [5.74, 6) is 1.55. The van der Waals surface area contributed by atoms with Gasteiger partial charge < -0.3 is 15.0 Å². The number of carbonyl (C=O) groups excluding carboxylic acids is 1. The summed E-state index contributed by atoms with van der Waals surface area (Å²) in [6.07, 6.45) is 0. The van der Waals surface area contributed by atoms with E-state index in [4.69, 9.17) is 4.74 Å². The molecule has 1 aromatic heterocycles. The Balaban J connectivity index is 1.91. The fourth-order valence-electron chi connectivity index (χ4n) is 3.12. The first kappa shape index (κ1) is 20.3. The van der Waals surface area contributed by atoms with Gasteiger partial charge in [0.2, 0.25) is 0 Å². The van der Waals surface area contributed by atoms with Crippen LogP contribution in [0.1, 0.15) is 35.7 Å². The number of nitrogens with zero attached hydrogens (tertiary/aromatic N) is 3. The zero-order valence-corrected chi connectivity index (χ0v) is 17.3. The number of para-hydroxylation sites is 2. The van der Waals surface area contributed by atoms with Gasteiger partial charge in [-0.15, -0.1) is 0 Å². The van der Waals surface area contributed by atoms with E-state index in [1.54, 1.807) is 13.0 Å². The summed E-state index contributed by atoms with van der Waals surface area (Å²) in [4.78, 5) is 23.9. The third-order valence-electron chi connectivity index (χ3n) is 4.40. The monoisotopic (exact) mass is 390 g/mol. The minimum atomic E-state index is -0.302. The summed E-state index contributed by atoms with van der Waals surface area (Å²) in [6.45, 7) is 9.04. The maximum atomic E-state index is 12.9. The van der Waals surface area contributed by atoms with Crippen LogP contribution >= 0.6 is 0 Å². The van der Waals surface area contributed by atoms with Crippen molar-refractivity contribution in [2.24, 2.45) is 0 Å². The van der Waals surface area contributed by atoms with E-state index in [0.29, 0.717) is 41.9 Å². The Morgan fingerprint density at radius 3 is 2.55 bits per heavy atom. The Morgan fingerprint density at radius 1 is 1.03 bits per heavy atom. The highest BCUT2D eigenvalue weighted by Gasteiger charge is 2.16. The van der Waals surface area contributed by atoms with Crippen LogP contribution in [-0.4, -0.2) is 29.0 Å². The van der Waals surface area contributed by atoms with Crippen molar-refractivity contribution < 1.29 is 9.53 Å². The van der Waals surface area contributed by atoms with Gasteiger partial charge in [-0.2, -0.15) is 0 Å². The molecule has 3 rings (SSSR count). The van der Waals surface area contributed by atoms with Crippen LogP contribution in [0.15, 0.2) is 54.6 Å². The predicted octanol–water partition coefficient (Wildman–Crippen LogP) is 4.90. The summed E-state index contributed by atoms with van der Waals surface area (Å²) in [6, 6.07) is 17.3. The SMILES string of the molecule is CCOc1ccccc1NC(=O)c1cc(N(CC)c2cccc(C)c2)nc(C)n1. The first-order valence-corrected chi connectivity index (χ1v) is 9.75. The maximum absolute atomic E-state index is 12.9. The largest absolute Gasteiger partial charge is 0.492 e. The van der Waals surface area contributed by atoms with Crippen LogP contribution in [0.25, 0.3) is 0 Å². The fraction of sp³-hybridized carbons (Fsp3) is 0.261. The van der Waals surface area contributed by atoms with Crippen molar-refractivity contribution in [1.29, 1.82) is 0 Å². The molecule has 0 aliphatic heterocycles. The molecule has 2 aromatic carbocycles. The Morgan fingerprint density at radius 2 is 1.83 bits per heavy atom. The first-order chi connectivity index (χ1) is 14.0. The van der Waals surface area contributed by atoms with Crippen molar-refractivity contribution in [3.8, 4) is 5.75 Å². The number of hydrogen-bond acceptors (Lipinski definition) is 5. The number of aromatic nitrogens is 2. The summed E-state index contributed by atoms with van der Waals surface area (Å²) < 4.78 is 5.59. The zero-order valence-electron chi connectivity index (χ0n) is 17.3. The van der Waals surface area contributed by atoms with Crippen molar-refractivity contribution >= 4 is 23.1 Å². The second-order valence-corrected chi connectivity index (χ2v) is 6.63. The van der Waals surface area contributed by atoms with Gasteiger partial charge >= 0.3 is 0 Å². The Kier molecular flexibility index (Phi) is 6.44. The number of hydrogen-bond donors (Lipinski definition) is 1. The lowest BCUT2D eigenvalue weighted by Gasteiger charge is -2.23. The summed E-state index contributed by atoms with van der Waals surface area (Å²) >= 11 is 0. The second kappa shape index (κ2) is 9.19. The molecule has 0 aliphatic rings. The molecular formula is C23H26N4O2. The molecule has 0 saturated heterocycles. The van der Waals surface area contributed by atoms with E-state index < -0.39 is 0 Å². The van der Waals surface area contributed by atoms with E-state index in [-0.39, 0.29) is 5.91 Å². The average molecular weight is 390 g/mol. The van der Waals surface area contributed by atoms with Crippen LogP contribution in [0.3, 0.4) is 0 Å². The highest BCUT2D eigenvalue weighted by Crippen LogP contribution is 2.27. The lowest BCUT2D eigenvalue weighted by molar-refractivity contribution is 0.102. The molecule has 6 nitrogen and oxygen atoms in total. The minimum Gasteiger partial charge on any atom is -0.492 e. The smallest absolute Gasteiger partial charge is 0.274 e. The number of ether oxygens (including phenoxy) is 1. The van der Waals surface area contributed by atoms with Crippen LogP contribution in [0.2, 0.25) is 0 Å². The van der Waals surface area contributed by atoms with E-state index in [0.717, 1.165) is 11.3 Å². The maximum Gasteiger partial charge on any atom is 0.274 e. The van der Waals surface area contributed by atoms with Crippen molar-refractivity contribution in [2.75, 3.05) is 23.4 Å². The number of amides is 1. The topological polar surface area (TPSA) is 67.3 Å². The van der Waals surface area contributed by atoms with Gasteiger partial charge in [-0.1, -0.05) is 24.3 Å². The molecule has 29 heavy (non-hydrogen) atoms. The molecule has 1 amide bonds. The summed E-state index contributed by atoms with van der Waals surface area (Å²) in [7, 11) is 0. The third kappa shape index (κ3) is 4.90. The molecule has 6 heteroatoms. The second-order valence-electron chi connectivity index (χ2n) is 6.63. The number of benzene rings is 2.